The van der Waals surface area contributed by atoms with E-state index < -0.39 is 0 Å². The minimum atomic E-state index is 0. The molecule has 3 rings (SSSR count). The number of morpholine rings is 1. The SMILES string of the molecule is Cl.Clc1cccc(-c2csc(C3COCCN3)n2)c1. The molecule has 6 heteroatoms. The molecule has 1 aliphatic rings. The summed E-state index contributed by atoms with van der Waals surface area (Å²) in [5, 5.41) is 7.29. The topological polar surface area (TPSA) is 34.1 Å². The van der Waals surface area contributed by atoms with Gasteiger partial charge >= 0.3 is 0 Å². The third kappa shape index (κ3) is 3.46. The van der Waals surface area contributed by atoms with Crippen LogP contribution in [0.5, 0.6) is 0 Å². The summed E-state index contributed by atoms with van der Waals surface area (Å²) < 4.78 is 5.45. The maximum Gasteiger partial charge on any atom is 0.113 e. The number of thiazole rings is 1. The van der Waals surface area contributed by atoms with Crippen molar-refractivity contribution < 1.29 is 4.74 Å². The maximum absolute atomic E-state index is 5.99. The summed E-state index contributed by atoms with van der Waals surface area (Å²) in [4.78, 5) is 4.66. The highest BCUT2D eigenvalue weighted by molar-refractivity contribution is 7.10. The molecule has 1 aromatic carbocycles. The van der Waals surface area contributed by atoms with Crippen molar-refractivity contribution in [3.05, 3.63) is 39.7 Å². The standard InChI is InChI=1S/C13H13ClN2OS.ClH/c14-10-3-1-2-9(6-10)12-8-18-13(16-12)11-7-17-5-4-15-11;/h1-3,6,8,11,15H,4-5,7H2;1H. The molecule has 2 aromatic rings. The van der Waals surface area contributed by atoms with E-state index >= 15 is 0 Å². The number of benzene rings is 1. The van der Waals surface area contributed by atoms with E-state index in [0.717, 1.165) is 34.4 Å². The number of hydrogen-bond acceptors (Lipinski definition) is 4. The van der Waals surface area contributed by atoms with Crippen LogP contribution in [0.25, 0.3) is 11.3 Å². The Morgan fingerprint density at radius 3 is 3.05 bits per heavy atom. The average molecular weight is 317 g/mol. The van der Waals surface area contributed by atoms with Gasteiger partial charge in [0.1, 0.15) is 5.01 Å². The van der Waals surface area contributed by atoms with E-state index in [1.807, 2.05) is 24.3 Å². The normalized spacial score (nSPS) is 18.9. The van der Waals surface area contributed by atoms with Gasteiger partial charge in [0.15, 0.2) is 0 Å². The molecule has 0 aliphatic carbocycles. The van der Waals surface area contributed by atoms with Gasteiger partial charge in [-0.15, -0.1) is 23.7 Å². The van der Waals surface area contributed by atoms with Gasteiger partial charge in [-0.05, 0) is 12.1 Å². The van der Waals surface area contributed by atoms with E-state index in [0.29, 0.717) is 6.61 Å². The molecular formula is C13H14Cl2N2OS. The van der Waals surface area contributed by atoms with Crippen LogP contribution < -0.4 is 5.32 Å². The van der Waals surface area contributed by atoms with Crippen molar-refractivity contribution in [2.24, 2.45) is 0 Å². The molecule has 3 nitrogen and oxygen atoms in total. The van der Waals surface area contributed by atoms with Gasteiger partial charge in [-0.2, -0.15) is 0 Å². The Morgan fingerprint density at radius 2 is 2.32 bits per heavy atom. The predicted molar refractivity (Wildman–Crippen MR) is 81.4 cm³/mol. The van der Waals surface area contributed by atoms with Crippen molar-refractivity contribution in [2.75, 3.05) is 19.8 Å². The summed E-state index contributed by atoms with van der Waals surface area (Å²) in [6.07, 6.45) is 0. The number of ether oxygens (including phenoxy) is 1. The van der Waals surface area contributed by atoms with Crippen molar-refractivity contribution in [2.45, 2.75) is 6.04 Å². The third-order valence-corrected chi connectivity index (χ3v) is 4.06. The number of hydrogen-bond donors (Lipinski definition) is 1. The predicted octanol–water partition coefficient (Wildman–Crippen LogP) is 3.55. The minimum absolute atomic E-state index is 0. The Morgan fingerprint density at radius 1 is 1.42 bits per heavy atom. The van der Waals surface area contributed by atoms with Crippen LogP contribution in [0, 0.1) is 0 Å². The van der Waals surface area contributed by atoms with E-state index in [-0.39, 0.29) is 18.4 Å². The molecule has 102 valence electrons. The lowest BCUT2D eigenvalue weighted by Gasteiger charge is -2.21. The molecule has 1 aromatic heterocycles. The maximum atomic E-state index is 5.99. The second-order valence-corrected chi connectivity index (χ2v) is 5.49. The smallest absolute Gasteiger partial charge is 0.113 e. The molecule has 2 heterocycles. The molecule has 19 heavy (non-hydrogen) atoms. The van der Waals surface area contributed by atoms with Gasteiger partial charge in [0, 0.05) is 22.5 Å². The summed E-state index contributed by atoms with van der Waals surface area (Å²) in [6, 6.07) is 7.99. The second-order valence-electron chi connectivity index (χ2n) is 4.16. The molecule has 1 N–H and O–H groups in total. The van der Waals surface area contributed by atoms with Gasteiger partial charge in [-0.25, -0.2) is 4.98 Å². The lowest BCUT2D eigenvalue weighted by molar-refractivity contribution is 0.0768. The van der Waals surface area contributed by atoms with Gasteiger partial charge in [0.2, 0.25) is 0 Å². The van der Waals surface area contributed by atoms with E-state index in [2.05, 4.69) is 15.7 Å². The molecule has 1 aliphatic heterocycles. The summed E-state index contributed by atoms with van der Waals surface area (Å²) in [5.74, 6) is 0. The lowest BCUT2D eigenvalue weighted by atomic mass is 10.2. The third-order valence-electron chi connectivity index (χ3n) is 2.86. The molecule has 0 radical (unpaired) electrons. The molecule has 0 saturated carbocycles. The van der Waals surface area contributed by atoms with Crippen LogP contribution in [-0.2, 0) is 4.74 Å². The van der Waals surface area contributed by atoms with Crippen molar-refractivity contribution in [3.8, 4) is 11.3 Å². The van der Waals surface area contributed by atoms with Crippen LogP contribution in [0.15, 0.2) is 29.6 Å². The van der Waals surface area contributed by atoms with Crippen molar-refractivity contribution in [1.82, 2.24) is 10.3 Å². The summed E-state index contributed by atoms with van der Waals surface area (Å²) in [6.45, 7) is 2.36. The number of aromatic nitrogens is 1. The highest BCUT2D eigenvalue weighted by Crippen LogP contribution is 2.27. The molecule has 1 fully saturated rings. The van der Waals surface area contributed by atoms with Crippen molar-refractivity contribution >= 4 is 35.3 Å². The van der Waals surface area contributed by atoms with Gasteiger partial charge in [-0.3, -0.25) is 0 Å². The van der Waals surface area contributed by atoms with E-state index in [9.17, 15) is 0 Å². The highest BCUT2D eigenvalue weighted by atomic mass is 35.5. The van der Waals surface area contributed by atoms with Gasteiger partial charge < -0.3 is 10.1 Å². The lowest BCUT2D eigenvalue weighted by Crippen LogP contribution is -2.34. The average Bonchev–Trinajstić information content (AvgIpc) is 2.89. The Balaban J connectivity index is 0.00000133. The fraction of sp³-hybridized carbons (Fsp3) is 0.308. The largest absolute Gasteiger partial charge is 0.378 e. The Bertz CT molecular complexity index is 541. The molecule has 0 spiro atoms. The summed E-state index contributed by atoms with van der Waals surface area (Å²) in [5.41, 5.74) is 2.03. The first-order chi connectivity index (χ1) is 8.83. The molecular weight excluding hydrogens is 303 g/mol. The van der Waals surface area contributed by atoms with E-state index in [1.54, 1.807) is 11.3 Å². The monoisotopic (exact) mass is 316 g/mol. The fourth-order valence-corrected chi connectivity index (χ4v) is 3.03. The summed E-state index contributed by atoms with van der Waals surface area (Å²) >= 11 is 7.65. The summed E-state index contributed by atoms with van der Waals surface area (Å²) in [7, 11) is 0. The molecule has 0 bridgehead atoms. The minimum Gasteiger partial charge on any atom is -0.378 e. The van der Waals surface area contributed by atoms with Crippen LogP contribution in [-0.4, -0.2) is 24.7 Å². The fourth-order valence-electron chi connectivity index (χ4n) is 1.95. The van der Waals surface area contributed by atoms with Crippen LogP contribution in [0.2, 0.25) is 5.02 Å². The Kier molecular flexibility index (Phi) is 5.19. The van der Waals surface area contributed by atoms with Crippen LogP contribution >= 0.6 is 35.3 Å². The van der Waals surface area contributed by atoms with Crippen molar-refractivity contribution in [3.63, 3.8) is 0 Å². The van der Waals surface area contributed by atoms with Crippen LogP contribution in [0.4, 0.5) is 0 Å². The van der Waals surface area contributed by atoms with Gasteiger partial charge in [0.05, 0.1) is 24.9 Å². The van der Waals surface area contributed by atoms with E-state index in [1.165, 1.54) is 0 Å². The quantitative estimate of drug-likeness (QED) is 0.920. The molecule has 1 saturated heterocycles. The Labute approximate surface area is 127 Å². The molecule has 1 atom stereocenters. The first kappa shape index (κ1) is 14.8. The number of nitrogens with one attached hydrogen (secondary N) is 1. The molecule has 0 amide bonds. The second kappa shape index (κ2) is 6.68. The first-order valence-corrected chi connectivity index (χ1v) is 7.11. The molecule has 1 unspecified atom stereocenters. The van der Waals surface area contributed by atoms with Crippen LogP contribution in [0.3, 0.4) is 0 Å². The Hall–Kier alpha value is -0.650. The highest BCUT2D eigenvalue weighted by Gasteiger charge is 2.18. The van der Waals surface area contributed by atoms with Crippen molar-refractivity contribution in [1.29, 1.82) is 0 Å². The van der Waals surface area contributed by atoms with Crippen LogP contribution in [0.1, 0.15) is 11.0 Å². The first-order valence-electron chi connectivity index (χ1n) is 5.85. The number of rotatable bonds is 2. The zero-order chi connectivity index (χ0) is 12.4. The zero-order valence-electron chi connectivity index (χ0n) is 10.1. The van der Waals surface area contributed by atoms with Gasteiger partial charge in [0.25, 0.3) is 0 Å². The number of nitrogens with zero attached hydrogens (tertiary/aromatic N) is 1. The van der Waals surface area contributed by atoms with Gasteiger partial charge in [-0.1, -0.05) is 23.7 Å². The van der Waals surface area contributed by atoms with E-state index in [4.69, 9.17) is 16.3 Å². The number of halogens is 2. The zero-order valence-corrected chi connectivity index (χ0v) is 12.5.